The van der Waals surface area contributed by atoms with Crippen molar-refractivity contribution in [3.63, 3.8) is 0 Å². The first-order valence-electron chi connectivity index (χ1n) is 16.4. The van der Waals surface area contributed by atoms with Crippen LogP contribution in [0.1, 0.15) is 82.3 Å². The minimum absolute atomic E-state index is 0.000911. The molecule has 2 amide bonds. The van der Waals surface area contributed by atoms with Crippen LogP contribution in [0.3, 0.4) is 0 Å². The zero-order chi connectivity index (χ0) is 29.9. The molecule has 0 radical (unpaired) electrons. The van der Waals surface area contributed by atoms with Gasteiger partial charge < -0.3 is 14.3 Å². The van der Waals surface area contributed by atoms with Crippen LogP contribution in [0.15, 0.2) is 63.6 Å². The Labute approximate surface area is 255 Å². The maximum Gasteiger partial charge on any atom is 0.234 e. The van der Waals surface area contributed by atoms with Crippen molar-refractivity contribution in [3.05, 3.63) is 76.3 Å². The van der Waals surface area contributed by atoms with Crippen molar-refractivity contribution in [3.8, 4) is 0 Å². The van der Waals surface area contributed by atoms with Gasteiger partial charge >= 0.3 is 0 Å². The van der Waals surface area contributed by atoms with Crippen LogP contribution in [0.25, 0.3) is 6.08 Å². The molecule has 0 spiro atoms. The van der Waals surface area contributed by atoms with Gasteiger partial charge in [0.1, 0.15) is 18.1 Å². The number of carbonyl (C=O) groups is 2. The molecule has 3 fully saturated rings. The van der Waals surface area contributed by atoms with E-state index >= 15 is 0 Å². The molecule has 7 heteroatoms. The highest BCUT2D eigenvalue weighted by Gasteiger charge is 2.58. The SMILES string of the molecule is CCCC1=C2[C@@H](CC/C(=C/c3ccc(CO)o3)CC)OC[C@@H]2[C@@H]2C(=O)N(C3CCN(Cc4ccccc4)CC3)C(=O)[C@@H]2C1. The van der Waals surface area contributed by atoms with Crippen LogP contribution >= 0.6 is 0 Å². The van der Waals surface area contributed by atoms with Crippen molar-refractivity contribution < 1.29 is 23.8 Å². The molecule has 1 aromatic heterocycles. The smallest absolute Gasteiger partial charge is 0.234 e. The molecule has 1 aliphatic carbocycles. The molecule has 0 saturated carbocycles. The second-order valence-corrected chi connectivity index (χ2v) is 12.8. The number of carbonyl (C=O) groups excluding carboxylic acids is 2. The van der Waals surface area contributed by atoms with Gasteiger partial charge in [-0.2, -0.15) is 0 Å². The Morgan fingerprint density at radius 2 is 1.81 bits per heavy atom. The monoisotopic (exact) mass is 586 g/mol. The van der Waals surface area contributed by atoms with E-state index in [0.717, 1.165) is 70.3 Å². The van der Waals surface area contributed by atoms with Gasteiger partial charge in [0.05, 0.1) is 24.5 Å². The first-order valence-corrected chi connectivity index (χ1v) is 16.4. The van der Waals surface area contributed by atoms with Crippen LogP contribution in [-0.4, -0.2) is 58.6 Å². The topological polar surface area (TPSA) is 83.2 Å². The third kappa shape index (κ3) is 6.17. The number of benzene rings is 1. The van der Waals surface area contributed by atoms with Crippen LogP contribution in [0.4, 0.5) is 0 Å². The number of hydrogen-bond donors (Lipinski definition) is 1. The van der Waals surface area contributed by atoms with Crippen molar-refractivity contribution in [1.82, 2.24) is 9.80 Å². The van der Waals surface area contributed by atoms with Gasteiger partial charge in [0.15, 0.2) is 0 Å². The van der Waals surface area contributed by atoms with Gasteiger partial charge in [0, 0.05) is 31.6 Å². The summed E-state index contributed by atoms with van der Waals surface area (Å²) in [6, 6.07) is 14.2. The summed E-state index contributed by atoms with van der Waals surface area (Å²) < 4.78 is 12.1. The molecule has 1 aromatic carbocycles. The van der Waals surface area contributed by atoms with Gasteiger partial charge in [-0.25, -0.2) is 0 Å². The second-order valence-electron chi connectivity index (χ2n) is 12.8. The van der Waals surface area contributed by atoms with Crippen molar-refractivity contribution in [2.24, 2.45) is 17.8 Å². The molecule has 7 nitrogen and oxygen atoms in total. The molecule has 0 bridgehead atoms. The highest BCUT2D eigenvalue weighted by atomic mass is 16.5. The average Bonchev–Trinajstić information content (AvgIpc) is 3.73. The molecule has 3 saturated heterocycles. The van der Waals surface area contributed by atoms with E-state index in [1.165, 1.54) is 22.3 Å². The highest BCUT2D eigenvalue weighted by molar-refractivity contribution is 6.06. The fraction of sp³-hybridized carbons (Fsp3) is 0.556. The van der Waals surface area contributed by atoms with Gasteiger partial charge in [0.25, 0.3) is 0 Å². The quantitative estimate of drug-likeness (QED) is 0.252. The van der Waals surface area contributed by atoms with E-state index in [1.807, 2.05) is 12.1 Å². The molecule has 4 atom stereocenters. The maximum absolute atomic E-state index is 14.1. The minimum atomic E-state index is -0.281. The maximum atomic E-state index is 14.1. The number of amides is 2. The lowest BCUT2D eigenvalue weighted by molar-refractivity contribution is -0.144. The van der Waals surface area contributed by atoms with Crippen LogP contribution in [0, 0.1) is 17.8 Å². The number of nitrogens with zero attached hydrogens (tertiary/aromatic N) is 2. The summed E-state index contributed by atoms with van der Waals surface area (Å²) in [6.07, 6.45) is 9.07. The number of imide groups is 1. The summed E-state index contributed by atoms with van der Waals surface area (Å²) in [5.41, 5.74) is 5.25. The molecule has 3 aliphatic heterocycles. The number of hydrogen-bond acceptors (Lipinski definition) is 6. The Kier molecular flexibility index (Phi) is 9.31. The largest absolute Gasteiger partial charge is 0.459 e. The number of fused-ring (bicyclic) bond motifs is 3. The predicted molar refractivity (Wildman–Crippen MR) is 165 cm³/mol. The molecule has 2 aromatic rings. The first-order chi connectivity index (χ1) is 21.0. The molecule has 1 N–H and O–H groups in total. The Hall–Kier alpha value is -3.00. The summed E-state index contributed by atoms with van der Waals surface area (Å²) in [4.78, 5) is 32.1. The van der Waals surface area contributed by atoms with E-state index in [1.54, 1.807) is 11.0 Å². The molecular formula is C36H46N2O5. The zero-order valence-corrected chi connectivity index (χ0v) is 25.7. The van der Waals surface area contributed by atoms with E-state index in [2.05, 4.69) is 49.1 Å². The van der Waals surface area contributed by atoms with Crippen LogP contribution < -0.4 is 0 Å². The van der Waals surface area contributed by atoms with Gasteiger partial charge in [-0.3, -0.25) is 19.4 Å². The Balaban J connectivity index is 1.13. The minimum Gasteiger partial charge on any atom is -0.459 e. The number of aliphatic hydroxyl groups is 1. The van der Waals surface area contributed by atoms with Crippen molar-refractivity contribution in [2.45, 2.75) is 90.5 Å². The van der Waals surface area contributed by atoms with Crippen molar-refractivity contribution >= 4 is 17.9 Å². The highest BCUT2D eigenvalue weighted by Crippen LogP contribution is 2.51. The fourth-order valence-electron chi connectivity index (χ4n) is 8.00. The Bertz CT molecular complexity index is 1350. The summed E-state index contributed by atoms with van der Waals surface area (Å²) in [5, 5.41) is 9.33. The lowest BCUT2D eigenvalue weighted by Gasteiger charge is -2.36. The summed E-state index contributed by atoms with van der Waals surface area (Å²) >= 11 is 0. The lowest BCUT2D eigenvalue weighted by atomic mass is 9.68. The van der Waals surface area contributed by atoms with Gasteiger partial charge in [0.2, 0.25) is 11.8 Å². The zero-order valence-electron chi connectivity index (χ0n) is 25.7. The third-order valence-corrected chi connectivity index (χ3v) is 10.1. The van der Waals surface area contributed by atoms with Crippen LogP contribution in [-0.2, 0) is 27.5 Å². The Morgan fingerprint density at radius 3 is 2.51 bits per heavy atom. The molecule has 43 heavy (non-hydrogen) atoms. The lowest BCUT2D eigenvalue weighted by Crippen LogP contribution is -2.47. The summed E-state index contributed by atoms with van der Waals surface area (Å²) in [7, 11) is 0. The van der Waals surface area contributed by atoms with Crippen molar-refractivity contribution in [2.75, 3.05) is 19.7 Å². The normalized spacial score (nSPS) is 26.9. The third-order valence-electron chi connectivity index (χ3n) is 10.1. The van der Waals surface area contributed by atoms with Crippen LogP contribution in [0.2, 0.25) is 0 Å². The van der Waals surface area contributed by atoms with E-state index in [9.17, 15) is 14.7 Å². The van der Waals surface area contributed by atoms with E-state index in [-0.39, 0.29) is 48.3 Å². The number of furan rings is 1. The number of piperidine rings is 1. The number of likely N-dealkylation sites (tertiary alicyclic amines) is 2. The number of allylic oxidation sites excluding steroid dienone is 2. The molecule has 230 valence electrons. The Morgan fingerprint density at radius 1 is 1.02 bits per heavy atom. The molecule has 0 unspecified atom stereocenters. The van der Waals surface area contributed by atoms with Crippen molar-refractivity contribution in [1.29, 1.82) is 0 Å². The van der Waals surface area contributed by atoms with Crippen LogP contribution in [0.5, 0.6) is 0 Å². The van der Waals surface area contributed by atoms with Gasteiger partial charge in [-0.05, 0) is 74.3 Å². The molecular weight excluding hydrogens is 540 g/mol. The van der Waals surface area contributed by atoms with Gasteiger partial charge in [-0.1, -0.05) is 61.7 Å². The number of aliphatic hydroxyl groups excluding tert-OH is 1. The molecule has 4 aliphatic rings. The van der Waals surface area contributed by atoms with E-state index in [0.29, 0.717) is 18.8 Å². The molecule has 6 rings (SSSR count). The molecule has 4 heterocycles. The number of rotatable bonds is 11. The first kappa shape index (κ1) is 30.0. The fourth-order valence-corrected chi connectivity index (χ4v) is 8.00. The van der Waals surface area contributed by atoms with E-state index in [4.69, 9.17) is 9.15 Å². The second kappa shape index (κ2) is 13.3. The summed E-state index contributed by atoms with van der Waals surface area (Å²) in [5.74, 6) is 0.928. The summed E-state index contributed by atoms with van der Waals surface area (Å²) in [6.45, 7) is 7.48. The predicted octanol–water partition coefficient (Wildman–Crippen LogP) is 6.13. The average molecular weight is 587 g/mol. The standard InChI is InChI=1S/C36H46N2O5/c1-3-8-26-20-30-34(31-23-42-32(33(26)31)14-11-24(4-2)19-28-12-13-29(22-39)43-28)36(41)38(35(30)40)27-15-17-37(18-16-27)21-25-9-6-5-7-10-25/h5-7,9-10,12-13,19,27,30-32,34,39H,3-4,8,11,14-18,20-23H2,1-2H3/b24-19+/t30-,31+,32-,34-/m1/s1. The van der Waals surface area contributed by atoms with Gasteiger partial charge in [-0.15, -0.1) is 0 Å². The number of ether oxygens (including phenoxy) is 1. The van der Waals surface area contributed by atoms with E-state index < -0.39 is 0 Å².